The number of carboxylic acids is 1. The van der Waals surface area contributed by atoms with Gasteiger partial charge in [0.05, 0.1) is 11.8 Å². The second-order valence-corrected chi connectivity index (χ2v) is 11.8. The number of carbonyl (C=O) groups is 4. The molecule has 10 heteroatoms. The van der Waals surface area contributed by atoms with E-state index in [1.54, 1.807) is 98.8 Å². The highest BCUT2D eigenvalue weighted by atomic mass is 36.0. The van der Waals surface area contributed by atoms with Crippen LogP contribution < -0.4 is 0 Å². The molecule has 0 radical (unpaired) electrons. The number of ketones is 2. The Bertz CT molecular complexity index is 1430. The third-order valence-electron chi connectivity index (χ3n) is 6.08. The van der Waals surface area contributed by atoms with Gasteiger partial charge in [-0.05, 0) is 41.8 Å². The first-order valence-corrected chi connectivity index (χ1v) is 15.7. The maximum absolute atomic E-state index is 12.3. The predicted octanol–water partition coefficient (Wildman–Crippen LogP) is 7.93. The fraction of sp³-hybridized carbons (Fsp3) is 0.125. The molecule has 1 N–H and O–H groups in total. The Balaban J connectivity index is 0.000000261. The zero-order valence-electron chi connectivity index (χ0n) is 22.6. The van der Waals surface area contributed by atoms with Gasteiger partial charge in [-0.15, -0.1) is 0 Å². The highest BCUT2D eigenvalue weighted by Crippen LogP contribution is 2.21. The Morgan fingerprint density at radius 2 is 0.929 bits per heavy atom. The number of rotatable bonds is 8. The van der Waals surface area contributed by atoms with Crippen molar-refractivity contribution >= 4 is 65.0 Å². The highest BCUT2D eigenvalue weighted by molar-refractivity contribution is 8.26. The lowest BCUT2D eigenvalue weighted by Gasteiger charge is -2.08. The summed E-state index contributed by atoms with van der Waals surface area (Å²) in [6, 6.07) is 31.8. The van der Waals surface area contributed by atoms with E-state index in [9.17, 15) is 19.2 Å². The van der Waals surface area contributed by atoms with E-state index in [1.807, 2.05) is 24.3 Å². The minimum absolute atomic E-state index is 0.0586. The van der Waals surface area contributed by atoms with Crippen LogP contribution in [-0.4, -0.2) is 32.1 Å². The fourth-order valence-corrected chi connectivity index (χ4v) is 3.81. The van der Waals surface area contributed by atoms with Crippen LogP contribution in [0.15, 0.2) is 109 Å². The van der Waals surface area contributed by atoms with Gasteiger partial charge in [0.1, 0.15) is 0 Å². The zero-order valence-corrected chi connectivity index (χ0v) is 25.7. The van der Waals surface area contributed by atoms with E-state index in [1.165, 1.54) is 0 Å². The smallest absolute Gasteiger partial charge is 0.310 e. The maximum atomic E-state index is 12.3. The van der Waals surface area contributed by atoms with E-state index in [2.05, 4.69) is 21.4 Å². The van der Waals surface area contributed by atoms with E-state index in [4.69, 9.17) is 20.9 Å². The quantitative estimate of drug-likeness (QED) is 0.154. The van der Waals surface area contributed by atoms with Gasteiger partial charge < -0.3 is 5.11 Å². The van der Waals surface area contributed by atoms with Crippen LogP contribution in [0.1, 0.15) is 68.7 Å². The number of benzene rings is 4. The van der Waals surface area contributed by atoms with Crippen LogP contribution in [-0.2, 0) is 18.8 Å². The molecule has 42 heavy (non-hydrogen) atoms. The molecule has 0 fully saturated rings. The van der Waals surface area contributed by atoms with Crippen molar-refractivity contribution in [3.63, 3.8) is 0 Å². The van der Waals surface area contributed by atoms with Crippen LogP contribution >= 0.6 is 33.0 Å². The number of aliphatic carboxylic acids is 1. The molecule has 0 heterocycles. The van der Waals surface area contributed by atoms with Gasteiger partial charge in [0.25, 0.3) is 0 Å². The van der Waals surface area contributed by atoms with Crippen LogP contribution in [0.5, 0.6) is 0 Å². The first-order chi connectivity index (χ1) is 19.9. The lowest BCUT2D eigenvalue weighted by atomic mass is 9.96. The van der Waals surface area contributed by atoms with Crippen molar-refractivity contribution in [3.05, 3.63) is 143 Å². The van der Waals surface area contributed by atoms with Gasteiger partial charge in [0.2, 0.25) is 14.5 Å². The molecular formula is C32H27Cl3O6S. The molecule has 0 aliphatic carbocycles. The van der Waals surface area contributed by atoms with Gasteiger partial charge in [-0.2, -0.15) is 0 Å². The Morgan fingerprint density at radius 3 is 1.26 bits per heavy atom. The summed E-state index contributed by atoms with van der Waals surface area (Å²) in [6.45, 7) is 3.33. The second kappa shape index (κ2) is 17.4. The molecule has 0 aliphatic rings. The lowest BCUT2D eigenvalue weighted by molar-refractivity contribution is -0.138. The van der Waals surface area contributed by atoms with E-state index >= 15 is 0 Å². The molecular weight excluding hydrogens is 619 g/mol. The average molecular weight is 646 g/mol. The zero-order chi connectivity index (χ0) is 31.2. The van der Waals surface area contributed by atoms with Crippen LogP contribution in [0.25, 0.3) is 0 Å². The van der Waals surface area contributed by atoms with Crippen LogP contribution in [0.2, 0.25) is 0 Å². The van der Waals surface area contributed by atoms with Gasteiger partial charge in [-0.3, -0.25) is 19.2 Å². The van der Waals surface area contributed by atoms with Crippen molar-refractivity contribution in [2.45, 2.75) is 25.7 Å². The van der Waals surface area contributed by atoms with Gasteiger partial charge in [-0.25, -0.2) is 4.21 Å². The minimum Gasteiger partial charge on any atom is -0.481 e. The summed E-state index contributed by atoms with van der Waals surface area (Å²) in [5.41, 5.74) is 3.69. The Hall–Kier alpha value is -3.62. The van der Waals surface area contributed by atoms with Gasteiger partial charge >= 0.3 is 5.97 Å². The third-order valence-corrected chi connectivity index (χ3v) is 6.41. The van der Waals surface area contributed by atoms with Crippen molar-refractivity contribution in [2.75, 3.05) is 0 Å². The van der Waals surface area contributed by atoms with Crippen molar-refractivity contribution in [3.8, 4) is 0 Å². The normalized spacial score (nSPS) is 11.6. The summed E-state index contributed by atoms with van der Waals surface area (Å²) in [6.07, 6.45) is 0. The molecule has 2 unspecified atom stereocenters. The summed E-state index contributed by atoms with van der Waals surface area (Å²) in [5.74, 6) is -2.09. The minimum atomic E-state index is -1.67. The molecule has 4 rings (SSSR count). The molecule has 6 nitrogen and oxygen atoms in total. The summed E-state index contributed by atoms with van der Waals surface area (Å²) in [7, 11) is 7.36. The lowest BCUT2D eigenvalue weighted by Crippen LogP contribution is -2.09. The monoisotopic (exact) mass is 644 g/mol. The van der Waals surface area contributed by atoms with Crippen molar-refractivity contribution in [2.24, 2.45) is 0 Å². The summed E-state index contributed by atoms with van der Waals surface area (Å²) in [4.78, 5) is 46.7. The molecule has 2 atom stereocenters. The molecule has 0 saturated heterocycles. The summed E-state index contributed by atoms with van der Waals surface area (Å²) >= 11 is 5.49. The average Bonchev–Trinajstić information content (AvgIpc) is 3.00. The number of halogens is 3. The number of hydrogen-bond acceptors (Lipinski definition) is 5. The molecule has 0 saturated carbocycles. The third kappa shape index (κ3) is 11.0. The molecule has 0 aromatic heterocycles. The standard InChI is InChI=1S/C16H13ClO2.C16H14O3.Cl2OS/c1-11(16(17)19)13-8-5-9-14(10-13)15(18)12-6-3-2-4-7-12;1-11(16(18)19)13-8-5-9-14(10-13)15(17)12-6-3-2-4-7-12;1-4(2)3/h2-11H,1H3;2-11H,1H3,(H,18,19);. The molecule has 218 valence electrons. The Morgan fingerprint density at radius 1 is 0.595 bits per heavy atom. The van der Waals surface area contributed by atoms with Gasteiger partial charge in [-0.1, -0.05) is 104 Å². The summed E-state index contributed by atoms with van der Waals surface area (Å²) in [5, 5.41) is 8.57. The van der Waals surface area contributed by atoms with Crippen molar-refractivity contribution in [1.29, 1.82) is 0 Å². The van der Waals surface area contributed by atoms with Crippen LogP contribution in [0.4, 0.5) is 0 Å². The van der Waals surface area contributed by atoms with E-state index < -0.39 is 32.3 Å². The van der Waals surface area contributed by atoms with E-state index in [-0.39, 0.29) is 11.6 Å². The fourth-order valence-electron chi connectivity index (χ4n) is 3.68. The van der Waals surface area contributed by atoms with Crippen LogP contribution in [0.3, 0.4) is 0 Å². The maximum Gasteiger partial charge on any atom is 0.310 e. The molecule has 4 aromatic carbocycles. The van der Waals surface area contributed by atoms with Crippen molar-refractivity contribution < 1.29 is 28.5 Å². The number of hydrogen-bond donors (Lipinski definition) is 1. The Kier molecular flexibility index (Phi) is 14.3. The topological polar surface area (TPSA) is 106 Å². The highest BCUT2D eigenvalue weighted by Gasteiger charge is 2.17. The first kappa shape index (κ1) is 34.6. The predicted molar refractivity (Wildman–Crippen MR) is 168 cm³/mol. The molecule has 0 spiro atoms. The SMILES string of the molecule is CC(C(=O)Cl)c1cccc(C(=O)c2ccccc2)c1.CC(C(=O)O)c1cccc(C(=O)c2ccccc2)c1.O=S(Cl)Cl. The van der Waals surface area contributed by atoms with E-state index in [0.717, 1.165) is 5.56 Å². The molecule has 4 aromatic rings. The van der Waals surface area contributed by atoms with Crippen molar-refractivity contribution in [1.82, 2.24) is 0 Å². The first-order valence-electron chi connectivity index (χ1n) is 12.5. The number of carbonyl (C=O) groups excluding carboxylic acids is 3. The summed E-state index contributed by atoms with van der Waals surface area (Å²) < 4.78 is 9.09. The molecule has 0 amide bonds. The van der Waals surface area contributed by atoms with E-state index in [0.29, 0.717) is 27.8 Å². The number of carboxylic acid groups (broad SMARTS) is 1. The largest absolute Gasteiger partial charge is 0.481 e. The van der Waals surface area contributed by atoms with Crippen LogP contribution in [0, 0.1) is 0 Å². The van der Waals surface area contributed by atoms with Gasteiger partial charge in [0.15, 0.2) is 11.6 Å². The second-order valence-electron chi connectivity index (χ2n) is 8.91. The molecule has 0 aliphatic heterocycles. The van der Waals surface area contributed by atoms with Gasteiger partial charge in [0, 0.05) is 43.6 Å². The Labute approximate surface area is 260 Å². The molecule has 0 bridgehead atoms.